The Morgan fingerprint density at radius 2 is 1.09 bits per heavy atom. The van der Waals surface area contributed by atoms with E-state index in [-0.39, 0.29) is 79.5 Å². The van der Waals surface area contributed by atoms with Crippen LogP contribution in [-0.2, 0) is 4.57 Å². The van der Waals surface area contributed by atoms with Crippen molar-refractivity contribution >= 4 is 51.7 Å². The number of carboxylic acid groups (broad SMARTS) is 2. The van der Waals surface area contributed by atoms with Gasteiger partial charge in [0.1, 0.15) is 0 Å². The van der Waals surface area contributed by atoms with E-state index in [0.29, 0.717) is 0 Å². The molecule has 0 heterocycles. The first-order valence-corrected chi connectivity index (χ1v) is 2.80. The monoisotopic (exact) mass is 335 g/mol. The van der Waals surface area contributed by atoms with Crippen LogP contribution in [0, 0.1) is 41.7 Å². The summed E-state index contributed by atoms with van der Waals surface area (Å²) in [6.45, 7) is 0. The van der Waals surface area contributed by atoms with Crippen molar-refractivity contribution in [2.45, 2.75) is 0 Å². The van der Waals surface area contributed by atoms with Gasteiger partial charge in [-0.05, 0) is 6.16 Å². The summed E-state index contributed by atoms with van der Waals surface area (Å²) in [6, 6.07) is 0. The minimum absolute atomic E-state index is 0. The van der Waals surface area contributed by atoms with Crippen molar-refractivity contribution in [1.29, 1.82) is 0 Å². The molecule has 0 saturated carbocycles. The molecule has 7 nitrogen and oxygen atoms in total. The zero-order chi connectivity index (χ0) is 8.08. The molecule has 0 bridgehead atoms. The first-order chi connectivity index (χ1) is 3.73. The van der Waals surface area contributed by atoms with Crippen LogP contribution < -0.4 is 24.9 Å². The first-order valence-electron chi connectivity index (χ1n) is 1.34. The van der Waals surface area contributed by atoms with Gasteiger partial charge in [0.25, 0.3) is 0 Å². The Morgan fingerprint density at radius 1 is 1.09 bits per heavy atom. The zero-order valence-corrected chi connectivity index (χ0v) is 11.3. The second-order valence-corrected chi connectivity index (χ2v) is 1.59. The molecule has 0 rings (SSSR count). The first kappa shape index (κ1) is 23.1. The van der Waals surface area contributed by atoms with E-state index in [1.165, 1.54) is 0 Å². The van der Waals surface area contributed by atoms with E-state index >= 15 is 0 Å². The summed E-state index contributed by atoms with van der Waals surface area (Å²) in [4.78, 5) is 34.0. The van der Waals surface area contributed by atoms with E-state index in [1.807, 2.05) is 0 Å². The molecule has 0 amide bonds. The average Bonchev–Trinajstić information content (AvgIpc) is 1.19. The van der Waals surface area contributed by atoms with E-state index in [1.54, 1.807) is 0 Å². The second kappa shape index (κ2) is 12.0. The molecule has 1 radical (unpaired) electrons. The van der Waals surface area contributed by atoms with Crippen molar-refractivity contribution in [3.63, 3.8) is 0 Å². The van der Waals surface area contributed by atoms with Crippen molar-refractivity contribution < 1.29 is 76.0 Å². The molecule has 0 aliphatic carbocycles. The number of carbonyl (C=O) groups is 1. The number of phosphoric acid groups is 1. The van der Waals surface area contributed by atoms with Crippen molar-refractivity contribution in [3.8, 4) is 0 Å². The summed E-state index contributed by atoms with van der Waals surface area (Å²) < 4.78 is 8.55. The number of rotatable bonds is 0. The van der Waals surface area contributed by atoms with Crippen molar-refractivity contribution in [3.05, 3.63) is 0 Å². The van der Waals surface area contributed by atoms with Gasteiger partial charge in [-0.2, -0.15) is 7.82 Å². The van der Waals surface area contributed by atoms with Crippen LogP contribution in [-0.4, -0.2) is 43.9 Å². The van der Waals surface area contributed by atoms with E-state index in [2.05, 4.69) is 0 Å². The fraction of sp³-hybridized carbons (Fsp3) is 0. The molecule has 0 aliphatic heterocycles. The summed E-state index contributed by atoms with van der Waals surface area (Å²) >= 11 is 0. The van der Waals surface area contributed by atoms with Gasteiger partial charge < -0.3 is 34.3 Å². The van der Waals surface area contributed by atoms with E-state index in [9.17, 15) is 0 Å². The SMILES string of the molecule is O=C([O-])[O-].O=P([O-])([O-])[O-].[Ca+2].[Ce+3]. The van der Waals surface area contributed by atoms with Gasteiger partial charge in [0.15, 0.2) is 0 Å². The molecule has 0 aromatic rings. The molecule has 0 spiro atoms. The molecule has 0 fully saturated rings. The molecule has 57 valence electrons. The quantitative estimate of drug-likeness (QED) is 0.316. The molecular formula is CCaCeO7P. The predicted molar refractivity (Wildman–Crippen MR) is 18.8 cm³/mol. The maximum absolute atomic E-state index is 8.55. The summed E-state index contributed by atoms with van der Waals surface area (Å²) in [5.74, 6) is 0. The van der Waals surface area contributed by atoms with Crippen LogP contribution in [0.3, 0.4) is 0 Å². The van der Waals surface area contributed by atoms with Crippen molar-refractivity contribution in [2.24, 2.45) is 0 Å². The number of hydrogen-bond donors (Lipinski definition) is 0. The van der Waals surface area contributed by atoms with Gasteiger partial charge in [-0.25, -0.2) is 0 Å². The predicted octanol–water partition coefficient (Wildman–Crippen LogP) is -5.65. The van der Waals surface area contributed by atoms with Crippen LogP contribution in [0.4, 0.5) is 4.79 Å². The number of carbonyl (C=O) groups excluding carboxylic acids is 1. The zero-order valence-electron chi connectivity index (χ0n) is 5.01. The van der Waals surface area contributed by atoms with Gasteiger partial charge >= 0.3 is 79.5 Å². The Kier molecular flexibility index (Phi) is 25.3. The van der Waals surface area contributed by atoms with Crippen LogP contribution in [0.5, 0.6) is 0 Å². The third kappa shape index (κ3) is 297. The normalized spacial score (nSPS) is 7.55. The summed E-state index contributed by atoms with van der Waals surface area (Å²) in [6.07, 6.45) is -2.33. The fourth-order valence-corrected chi connectivity index (χ4v) is 0. The third-order valence-corrected chi connectivity index (χ3v) is 0. The Morgan fingerprint density at radius 3 is 1.09 bits per heavy atom. The molecular weight excluding hydrogens is 335 g/mol. The van der Waals surface area contributed by atoms with Crippen molar-refractivity contribution in [1.82, 2.24) is 0 Å². The molecule has 0 N–H and O–H groups in total. The van der Waals surface area contributed by atoms with Gasteiger partial charge in [-0.3, -0.25) is 0 Å². The minimum atomic E-state index is -5.39. The van der Waals surface area contributed by atoms with E-state index in [4.69, 9.17) is 34.3 Å². The second-order valence-electron chi connectivity index (χ2n) is 0.697. The Labute approximate surface area is 125 Å². The van der Waals surface area contributed by atoms with E-state index < -0.39 is 14.0 Å². The maximum atomic E-state index is 8.55. The van der Waals surface area contributed by atoms with Crippen LogP contribution >= 0.6 is 7.82 Å². The smallest absolute Gasteiger partial charge is 0.822 e. The molecule has 10 heteroatoms. The summed E-state index contributed by atoms with van der Waals surface area (Å²) in [7, 11) is -5.39. The topological polar surface area (TPSA) is 149 Å². The van der Waals surface area contributed by atoms with E-state index in [0.717, 1.165) is 0 Å². The van der Waals surface area contributed by atoms with Crippen LogP contribution in [0.15, 0.2) is 0 Å². The van der Waals surface area contributed by atoms with Gasteiger partial charge in [0.2, 0.25) is 0 Å². The molecule has 0 saturated heterocycles. The summed E-state index contributed by atoms with van der Waals surface area (Å²) in [5, 5.41) is 16.7. The third-order valence-electron chi connectivity index (χ3n) is 0. The summed E-state index contributed by atoms with van der Waals surface area (Å²) in [5.41, 5.74) is 0. The van der Waals surface area contributed by atoms with Gasteiger partial charge in [-0.15, -0.1) is 0 Å². The fourth-order valence-electron chi connectivity index (χ4n) is 0. The van der Waals surface area contributed by atoms with Gasteiger partial charge in [0.05, 0.1) is 0 Å². The molecule has 0 atom stereocenters. The van der Waals surface area contributed by atoms with Crippen LogP contribution in [0.2, 0.25) is 0 Å². The largest absolute Gasteiger partial charge is 3.00 e. The molecule has 0 unspecified atom stereocenters. The maximum Gasteiger partial charge on any atom is 3.00 e. The van der Waals surface area contributed by atoms with Crippen LogP contribution in [0.1, 0.15) is 0 Å². The van der Waals surface area contributed by atoms with Gasteiger partial charge in [0, 0.05) is 0 Å². The van der Waals surface area contributed by atoms with Crippen molar-refractivity contribution in [2.75, 3.05) is 0 Å². The van der Waals surface area contributed by atoms with Crippen LogP contribution in [0.25, 0.3) is 0 Å². The molecule has 0 aromatic heterocycles. The standard InChI is InChI=1S/CH2O3.Ca.Ce.H3O4P/c2-1(3)4;;;1-5(2,3)4/h(H2,2,3,4);;;(H3,1,2,3,4)/q;+2;+3;/p-5. The Balaban J connectivity index is -0.0000000383. The molecule has 11 heavy (non-hydrogen) atoms. The number of hydrogen-bond acceptors (Lipinski definition) is 7. The Bertz CT molecular complexity index is 118. The Hall–Kier alpha value is 2.02. The molecule has 0 aliphatic rings. The minimum Gasteiger partial charge on any atom is -0.822 e. The average molecular weight is 335 g/mol. The van der Waals surface area contributed by atoms with Gasteiger partial charge in [-0.1, -0.05) is 0 Å². The molecule has 0 aromatic carbocycles.